The Bertz CT molecular complexity index is 555. The van der Waals surface area contributed by atoms with E-state index in [9.17, 15) is 14.4 Å². The van der Waals surface area contributed by atoms with Gasteiger partial charge in [0.1, 0.15) is 12.3 Å². The molecule has 21 heavy (non-hydrogen) atoms. The van der Waals surface area contributed by atoms with E-state index in [4.69, 9.17) is 4.74 Å². The number of nitrogens with one attached hydrogen (secondary N) is 2. The van der Waals surface area contributed by atoms with Crippen LogP contribution in [0.2, 0.25) is 0 Å². The number of benzene rings is 1. The number of rotatable bonds is 5. The molecule has 1 aliphatic rings. The van der Waals surface area contributed by atoms with E-state index in [1.807, 2.05) is 13.8 Å². The highest BCUT2D eigenvalue weighted by atomic mass is 16.5. The first kappa shape index (κ1) is 14.8. The second-order valence-corrected chi connectivity index (χ2v) is 4.85. The number of carbonyl (C=O) groups excluding carboxylic acids is 3. The largest absolute Gasteiger partial charge is 0.489 e. The Morgan fingerprint density at radius 2 is 2.10 bits per heavy atom. The average molecular weight is 291 g/mol. The molecule has 1 saturated heterocycles. The van der Waals surface area contributed by atoms with Gasteiger partial charge in [0.15, 0.2) is 0 Å². The third-order valence-electron chi connectivity index (χ3n) is 2.76. The van der Waals surface area contributed by atoms with Crippen LogP contribution in [-0.4, -0.2) is 41.9 Å². The van der Waals surface area contributed by atoms with Crippen molar-refractivity contribution in [3.05, 3.63) is 24.3 Å². The molecule has 0 aromatic heterocycles. The first-order valence-electron chi connectivity index (χ1n) is 6.61. The summed E-state index contributed by atoms with van der Waals surface area (Å²) in [6.07, 6.45) is -0.0333. The van der Waals surface area contributed by atoms with Gasteiger partial charge in [0.05, 0.1) is 18.3 Å². The number of ether oxygens (including phenoxy) is 1. The van der Waals surface area contributed by atoms with Crippen LogP contribution in [0.15, 0.2) is 24.3 Å². The van der Waals surface area contributed by atoms with Crippen molar-refractivity contribution >= 4 is 23.5 Å². The van der Waals surface area contributed by atoms with Crippen molar-refractivity contribution < 1.29 is 19.1 Å². The number of hydrogen-bond donors (Lipinski definition) is 2. The van der Waals surface area contributed by atoms with Crippen molar-refractivity contribution in [3.8, 4) is 5.75 Å². The van der Waals surface area contributed by atoms with Gasteiger partial charge in [0, 0.05) is 0 Å². The average Bonchev–Trinajstić information content (AvgIpc) is 2.72. The van der Waals surface area contributed by atoms with Gasteiger partial charge in [-0.15, -0.1) is 0 Å². The molecule has 1 aliphatic heterocycles. The van der Waals surface area contributed by atoms with E-state index in [0.717, 1.165) is 4.90 Å². The normalized spacial score (nSPS) is 14.3. The second-order valence-electron chi connectivity index (χ2n) is 4.85. The molecule has 0 radical (unpaired) electrons. The summed E-state index contributed by atoms with van der Waals surface area (Å²) in [7, 11) is 0. The van der Waals surface area contributed by atoms with Crippen LogP contribution in [0.5, 0.6) is 5.75 Å². The highest BCUT2D eigenvalue weighted by Gasteiger charge is 2.30. The number of carbonyl (C=O) groups is 3. The highest BCUT2D eigenvalue weighted by Crippen LogP contribution is 2.24. The fourth-order valence-electron chi connectivity index (χ4n) is 1.88. The van der Waals surface area contributed by atoms with E-state index in [-0.39, 0.29) is 19.2 Å². The summed E-state index contributed by atoms with van der Waals surface area (Å²) >= 11 is 0. The monoisotopic (exact) mass is 291 g/mol. The summed E-state index contributed by atoms with van der Waals surface area (Å²) in [4.78, 5) is 35.6. The molecule has 7 nitrogen and oxygen atoms in total. The van der Waals surface area contributed by atoms with Gasteiger partial charge < -0.3 is 15.4 Å². The summed E-state index contributed by atoms with van der Waals surface area (Å²) in [5, 5.41) is 5.00. The van der Waals surface area contributed by atoms with Crippen molar-refractivity contribution in [3.63, 3.8) is 0 Å². The Hall–Kier alpha value is -2.57. The number of urea groups is 1. The Labute approximate surface area is 122 Å². The molecule has 0 unspecified atom stereocenters. The number of amides is 4. The lowest BCUT2D eigenvalue weighted by atomic mass is 10.3. The molecule has 0 aliphatic carbocycles. The Morgan fingerprint density at radius 1 is 1.38 bits per heavy atom. The third kappa shape index (κ3) is 3.71. The van der Waals surface area contributed by atoms with Gasteiger partial charge in [0.2, 0.25) is 5.91 Å². The molecule has 2 rings (SSSR count). The van der Waals surface area contributed by atoms with Crippen molar-refractivity contribution in [2.75, 3.05) is 18.4 Å². The maximum absolute atomic E-state index is 12.0. The molecule has 0 spiro atoms. The van der Waals surface area contributed by atoms with Gasteiger partial charge in [-0.1, -0.05) is 12.1 Å². The Balaban J connectivity index is 2.03. The maximum atomic E-state index is 12.0. The van der Waals surface area contributed by atoms with Crippen molar-refractivity contribution in [2.45, 2.75) is 20.0 Å². The van der Waals surface area contributed by atoms with Crippen LogP contribution in [0.25, 0.3) is 0 Å². The van der Waals surface area contributed by atoms with Gasteiger partial charge in [0.25, 0.3) is 5.91 Å². The van der Waals surface area contributed by atoms with Crippen LogP contribution in [0.1, 0.15) is 13.8 Å². The van der Waals surface area contributed by atoms with Gasteiger partial charge in [-0.25, -0.2) is 4.79 Å². The van der Waals surface area contributed by atoms with Crippen LogP contribution >= 0.6 is 0 Å². The van der Waals surface area contributed by atoms with Crippen LogP contribution in [0.3, 0.4) is 0 Å². The van der Waals surface area contributed by atoms with Crippen LogP contribution in [-0.2, 0) is 9.59 Å². The van der Waals surface area contributed by atoms with Gasteiger partial charge >= 0.3 is 6.03 Å². The lowest BCUT2D eigenvalue weighted by Gasteiger charge is -2.16. The fourth-order valence-corrected chi connectivity index (χ4v) is 1.88. The molecule has 1 aromatic carbocycles. The molecule has 0 saturated carbocycles. The molecule has 7 heteroatoms. The van der Waals surface area contributed by atoms with Crippen LogP contribution in [0.4, 0.5) is 10.5 Å². The van der Waals surface area contributed by atoms with Gasteiger partial charge in [-0.3, -0.25) is 14.5 Å². The molecular formula is C14H17N3O4. The summed E-state index contributed by atoms with van der Waals surface area (Å²) in [5.41, 5.74) is 0.503. The molecule has 0 atom stereocenters. The minimum absolute atomic E-state index is 0.0333. The quantitative estimate of drug-likeness (QED) is 0.791. The zero-order valence-corrected chi connectivity index (χ0v) is 11.9. The van der Waals surface area contributed by atoms with Gasteiger partial charge in [-0.2, -0.15) is 0 Å². The number of nitrogens with zero attached hydrogens (tertiary/aromatic N) is 1. The van der Waals surface area contributed by atoms with Crippen molar-refractivity contribution in [2.24, 2.45) is 0 Å². The molecule has 1 fully saturated rings. The second kappa shape index (κ2) is 6.25. The minimum atomic E-state index is -0.554. The molecule has 1 heterocycles. The summed E-state index contributed by atoms with van der Waals surface area (Å²) in [6, 6.07) is 6.44. The lowest BCUT2D eigenvalue weighted by molar-refractivity contribution is -0.128. The van der Waals surface area contributed by atoms with E-state index in [0.29, 0.717) is 11.4 Å². The first-order valence-corrected chi connectivity index (χ1v) is 6.61. The highest BCUT2D eigenvalue weighted by molar-refractivity contribution is 6.06. The molecule has 0 bridgehead atoms. The standard InChI is InChI=1S/C14H17N3O4/c1-9(2)21-11-6-4-3-5-10(11)16-12(18)8-17-13(19)7-15-14(17)20/h3-6,9H,7-8H2,1-2H3,(H,15,20)(H,16,18). The van der Waals surface area contributed by atoms with E-state index in [2.05, 4.69) is 10.6 Å². The third-order valence-corrected chi connectivity index (χ3v) is 2.76. The van der Waals surface area contributed by atoms with Crippen LogP contribution in [0, 0.1) is 0 Å². The van der Waals surface area contributed by atoms with E-state index in [1.54, 1.807) is 24.3 Å². The lowest BCUT2D eigenvalue weighted by Crippen LogP contribution is -2.38. The Kier molecular flexibility index (Phi) is 4.42. The molecule has 112 valence electrons. The summed E-state index contributed by atoms with van der Waals surface area (Å²) < 4.78 is 5.58. The zero-order valence-electron chi connectivity index (χ0n) is 11.9. The topological polar surface area (TPSA) is 87.7 Å². The predicted octanol–water partition coefficient (Wildman–Crippen LogP) is 0.964. The molecule has 2 N–H and O–H groups in total. The first-order chi connectivity index (χ1) is 9.97. The van der Waals surface area contributed by atoms with E-state index in [1.165, 1.54) is 0 Å². The minimum Gasteiger partial charge on any atom is -0.489 e. The summed E-state index contributed by atoms with van der Waals surface area (Å²) in [5.74, 6) is -0.333. The smallest absolute Gasteiger partial charge is 0.325 e. The summed E-state index contributed by atoms with van der Waals surface area (Å²) in [6.45, 7) is 3.37. The molecule has 4 amide bonds. The Morgan fingerprint density at radius 3 is 2.71 bits per heavy atom. The number of imide groups is 1. The number of para-hydroxylation sites is 2. The number of anilines is 1. The van der Waals surface area contributed by atoms with E-state index < -0.39 is 17.8 Å². The SMILES string of the molecule is CC(C)Oc1ccccc1NC(=O)CN1C(=O)CNC1=O. The van der Waals surface area contributed by atoms with Gasteiger partial charge in [-0.05, 0) is 26.0 Å². The van der Waals surface area contributed by atoms with Crippen LogP contribution < -0.4 is 15.4 Å². The predicted molar refractivity (Wildman–Crippen MR) is 75.9 cm³/mol. The van der Waals surface area contributed by atoms with E-state index >= 15 is 0 Å². The van der Waals surface area contributed by atoms with Crippen molar-refractivity contribution in [1.29, 1.82) is 0 Å². The zero-order chi connectivity index (χ0) is 15.4. The van der Waals surface area contributed by atoms with Crippen molar-refractivity contribution in [1.82, 2.24) is 10.2 Å². The maximum Gasteiger partial charge on any atom is 0.325 e. The number of hydrogen-bond acceptors (Lipinski definition) is 4. The molecule has 1 aromatic rings. The molecular weight excluding hydrogens is 274 g/mol. The fraction of sp³-hybridized carbons (Fsp3) is 0.357.